The van der Waals surface area contributed by atoms with E-state index in [-0.39, 0.29) is 23.6 Å². The molecule has 5 aliphatic carbocycles. The number of aliphatic hydroxyl groups is 1. The third kappa shape index (κ3) is 2.81. The first-order valence-electron chi connectivity index (χ1n) is 15.7. The number of hydrogen-bond donors (Lipinski definition) is 2. The van der Waals surface area contributed by atoms with Gasteiger partial charge in [0.1, 0.15) is 6.10 Å². The summed E-state index contributed by atoms with van der Waals surface area (Å²) >= 11 is 0. The van der Waals surface area contributed by atoms with Gasteiger partial charge in [-0.2, -0.15) is 0 Å². The van der Waals surface area contributed by atoms with Gasteiger partial charge in [0.15, 0.2) is 6.29 Å². The number of rotatable bonds is 5. The fourth-order valence-corrected chi connectivity index (χ4v) is 13.2. The van der Waals surface area contributed by atoms with Crippen molar-refractivity contribution in [1.82, 2.24) is 5.32 Å². The maximum atomic E-state index is 12.1. The van der Waals surface area contributed by atoms with Crippen LogP contribution in [0.5, 0.6) is 0 Å². The van der Waals surface area contributed by atoms with E-state index in [1.165, 1.54) is 58.3 Å². The van der Waals surface area contributed by atoms with E-state index < -0.39 is 11.7 Å². The van der Waals surface area contributed by atoms with E-state index in [9.17, 15) is 9.90 Å². The van der Waals surface area contributed by atoms with Crippen LogP contribution in [0.1, 0.15) is 112 Å². The van der Waals surface area contributed by atoms with Gasteiger partial charge >= 0.3 is 5.97 Å². The smallest absolute Gasteiger partial charge is 0.302 e. The van der Waals surface area contributed by atoms with Crippen LogP contribution in [-0.4, -0.2) is 41.2 Å². The molecule has 3 heterocycles. The number of fused-ring (bicyclic) bond motifs is 2. The lowest BCUT2D eigenvalue weighted by Gasteiger charge is -2.76. The molecule has 3 saturated heterocycles. The lowest BCUT2D eigenvalue weighted by Crippen LogP contribution is -2.80. The molecule has 3 aliphatic heterocycles. The first-order chi connectivity index (χ1) is 17.4. The molecule has 8 fully saturated rings. The molecular formula is C32H51NO4. The highest BCUT2D eigenvalue weighted by Gasteiger charge is 2.80. The third-order valence-electron chi connectivity index (χ3n) is 14.6. The van der Waals surface area contributed by atoms with Crippen LogP contribution in [0.25, 0.3) is 0 Å². The monoisotopic (exact) mass is 513 g/mol. The topological polar surface area (TPSA) is 67.8 Å². The van der Waals surface area contributed by atoms with Gasteiger partial charge in [0.25, 0.3) is 0 Å². The Bertz CT molecular complexity index is 984. The third-order valence-corrected chi connectivity index (χ3v) is 14.6. The summed E-state index contributed by atoms with van der Waals surface area (Å²) in [5.41, 5.74) is 0.348. The molecule has 208 valence electrons. The lowest BCUT2D eigenvalue weighted by molar-refractivity contribution is -0.249. The van der Waals surface area contributed by atoms with E-state index in [0.717, 1.165) is 43.1 Å². The maximum absolute atomic E-state index is 12.1. The van der Waals surface area contributed by atoms with Gasteiger partial charge in [-0.05, 0) is 111 Å². The number of ether oxygens (including phenoxy) is 2. The van der Waals surface area contributed by atoms with Gasteiger partial charge in [0, 0.05) is 24.9 Å². The summed E-state index contributed by atoms with van der Waals surface area (Å²) in [6.07, 6.45) is 12.6. The second-order valence-corrected chi connectivity index (χ2v) is 15.7. The van der Waals surface area contributed by atoms with Gasteiger partial charge in [0.2, 0.25) is 0 Å². The molecule has 0 amide bonds. The first kappa shape index (κ1) is 25.3. The SMILES string of the molecule is CC(=O)OC1CC[C@]2(C)OC(O)[C@@]1(C)C2CC[C@@]12C3NC4C(CC[C@@]45CCCC51)[C@]2(C)CCC3C(C)C. The van der Waals surface area contributed by atoms with Crippen molar-refractivity contribution in [1.29, 1.82) is 0 Å². The molecule has 5 nitrogen and oxygen atoms in total. The fraction of sp³-hybridized carbons (Fsp3) is 0.969. The van der Waals surface area contributed by atoms with E-state index in [1.54, 1.807) is 0 Å². The highest BCUT2D eigenvalue weighted by molar-refractivity contribution is 5.66. The molecule has 5 heteroatoms. The van der Waals surface area contributed by atoms with Gasteiger partial charge in [-0.1, -0.05) is 34.1 Å². The molecule has 37 heavy (non-hydrogen) atoms. The molecule has 1 spiro atoms. The average molecular weight is 514 g/mol. The Morgan fingerprint density at radius 3 is 2.57 bits per heavy atom. The Morgan fingerprint density at radius 2 is 1.84 bits per heavy atom. The van der Waals surface area contributed by atoms with Crippen molar-refractivity contribution in [2.24, 2.45) is 51.2 Å². The van der Waals surface area contributed by atoms with E-state index in [4.69, 9.17) is 9.47 Å². The summed E-state index contributed by atoms with van der Waals surface area (Å²) in [6, 6.07) is 1.34. The highest BCUT2D eigenvalue weighted by atomic mass is 16.6. The summed E-state index contributed by atoms with van der Waals surface area (Å²) in [4.78, 5) is 12.1. The van der Waals surface area contributed by atoms with Gasteiger partial charge in [-0.25, -0.2) is 0 Å². The van der Waals surface area contributed by atoms with Crippen molar-refractivity contribution in [3.8, 4) is 0 Å². The van der Waals surface area contributed by atoms with Gasteiger partial charge in [-0.3, -0.25) is 4.79 Å². The molecule has 8 unspecified atom stereocenters. The summed E-state index contributed by atoms with van der Waals surface area (Å²) in [6.45, 7) is 13.5. The molecule has 0 aromatic heterocycles. The Hall–Kier alpha value is -0.650. The Labute approximate surface area is 224 Å². The van der Waals surface area contributed by atoms with E-state index in [0.29, 0.717) is 28.2 Å². The largest absolute Gasteiger partial charge is 0.462 e. The second-order valence-electron chi connectivity index (χ2n) is 15.7. The van der Waals surface area contributed by atoms with Crippen LogP contribution >= 0.6 is 0 Å². The van der Waals surface area contributed by atoms with Gasteiger partial charge in [-0.15, -0.1) is 0 Å². The Balaban J connectivity index is 1.30. The maximum Gasteiger partial charge on any atom is 0.302 e. The van der Waals surface area contributed by atoms with Crippen LogP contribution in [-0.2, 0) is 14.3 Å². The number of nitrogens with one attached hydrogen (secondary N) is 1. The zero-order chi connectivity index (χ0) is 26.2. The van der Waals surface area contributed by atoms with Crippen molar-refractivity contribution < 1.29 is 19.4 Å². The Morgan fingerprint density at radius 1 is 1.05 bits per heavy atom. The molecular weight excluding hydrogens is 462 g/mol. The van der Waals surface area contributed by atoms with Crippen LogP contribution in [0.3, 0.4) is 0 Å². The molecule has 8 bridgehead atoms. The second kappa shape index (κ2) is 7.75. The molecule has 0 aromatic rings. The summed E-state index contributed by atoms with van der Waals surface area (Å²) < 4.78 is 12.3. The molecule has 13 atom stereocenters. The molecule has 8 rings (SSSR count). The van der Waals surface area contributed by atoms with Gasteiger partial charge in [0.05, 0.1) is 11.0 Å². The fourth-order valence-electron chi connectivity index (χ4n) is 13.2. The van der Waals surface area contributed by atoms with Crippen molar-refractivity contribution in [2.75, 3.05) is 0 Å². The summed E-state index contributed by atoms with van der Waals surface area (Å²) in [5.74, 6) is 3.05. The number of hydrogen-bond acceptors (Lipinski definition) is 5. The van der Waals surface area contributed by atoms with E-state index >= 15 is 0 Å². The average Bonchev–Trinajstić information content (AvgIpc) is 3.44. The predicted octanol–water partition coefficient (Wildman–Crippen LogP) is 5.83. The zero-order valence-electron chi connectivity index (χ0n) is 24.1. The minimum Gasteiger partial charge on any atom is -0.462 e. The highest BCUT2D eigenvalue weighted by Crippen LogP contribution is 2.81. The molecule has 8 aliphatic rings. The van der Waals surface area contributed by atoms with E-state index in [2.05, 4.69) is 39.9 Å². The number of aliphatic hydroxyl groups excluding tert-OH is 1. The number of carbonyl (C=O) groups is 1. The van der Waals surface area contributed by atoms with Gasteiger partial charge < -0.3 is 19.9 Å². The Kier molecular flexibility index (Phi) is 5.31. The van der Waals surface area contributed by atoms with Crippen molar-refractivity contribution >= 4 is 5.97 Å². The van der Waals surface area contributed by atoms with Crippen molar-refractivity contribution in [3.63, 3.8) is 0 Å². The number of carbonyl (C=O) groups excluding carboxylic acids is 1. The quantitative estimate of drug-likeness (QED) is 0.453. The molecule has 0 radical (unpaired) electrons. The number of esters is 1. The number of piperidine rings is 2. The molecule has 5 saturated carbocycles. The van der Waals surface area contributed by atoms with Crippen LogP contribution in [0, 0.1) is 51.2 Å². The zero-order valence-corrected chi connectivity index (χ0v) is 24.1. The molecule has 2 N–H and O–H groups in total. The van der Waals surface area contributed by atoms with Crippen LogP contribution < -0.4 is 5.32 Å². The van der Waals surface area contributed by atoms with E-state index in [1.807, 2.05) is 0 Å². The normalized spacial score (nSPS) is 59.1. The van der Waals surface area contributed by atoms with Crippen molar-refractivity contribution in [2.45, 2.75) is 142 Å². The lowest BCUT2D eigenvalue weighted by atomic mass is 9.33. The summed E-state index contributed by atoms with van der Waals surface area (Å²) in [7, 11) is 0. The van der Waals surface area contributed by atoms with Crippen LogP contribution in [0.15, 0.2) is 0 Å². The minimum absolute atomic E-state index is 0.193. The summed E-state index contributed by atoms with van der Waals surface area (Å²) in [5, 5.41) is 15.7. The minimum atomic E-state index is -0.875. The van der Waals surface area contributed by atoms with Crippen LogP contribution in [0.4, 0.5) is 0 Å². The standard InChI is InChI=1S/C32H51NO4/c1-18(2)20-9-14-28(4)21-10-16-31-13-7-8-23(31)32(28,25(20)33-26(21)31)17-11-22-29(5)15-12-24(36-19(3)34)30(22,6)27(35)37-29/h18,20-27,33,35H,7-17H2,1-6H3/t20?,21?,22?,23?,24?,25?,26?,27?,28-,29-,30-,31+,32-/m0/s1. The first-order valence-corrected chi connectivity index (χ1v) is 15.7. The predicted molar refractivity (Wildman–Crippen MR) is 142 cm³/mol. The van der Waals surface area contributed by atoms with Crippen LogP contribution in [0.2, 0.25) is 0 Å². The van der Waals surface area contributed by atoms with Crippen molar-refractivity contribution in [3.05, 3.63) is 0 Å². The molecule has 0 aromatic carbocycles.